The van der Waals surface area contributed by atoms with Gasteiger partial charge in [0.05, 0.1) is 12.6 Å². The summed E-state index contributed by atoms with van der Waals surface area (Å²) in [6.45, 7) is 0.502. The third kappa shape index (κ3) is 3.86. The van der Waals surface area contributed by atoms with Gasteiger partial charge in [-0.25, -0.2) is 4.98 Å². The molecule has 0 fully saturated rings. The summed E-state index contributed by atoms with van der Waals surface area (Å²) >= 11 is 1.58. The first-order chi connectivity index (χ1) is 13.8. The summed E-state index contributed by atoms with van der Waals surface area (Å²) in [4.78, 5) is 20.1. The number of hydrogen-bond acceptors (Lipinski definition) is 4. The lowest BCUT2D eigenvalue weighted by Gasteiger charge is -2.37. The van der Waals surface area contributed by atoms with Crippen LogP contribution in [0.4, 0.5) is 0 Å². The van der Waals surface area contributed by atoms with E-state index in [1.165, 1.54) is 11.1 Å². The van der Waals surface area contributed by atoms with Gasteiger partial charge < -0.3 is 9.64 Å². The second-order valence-corrected chi connectivity index (χ2v) is 8.00. The van der Waals surface area contributed by atoms with Crippen molar-refractivity contribution in [1.29, 1.82) is 0 Å². The molecule has 0 bridgehead atoms. The van der Waals surface area contributed by atoms with E-state index in [2.05, 4.69) is 29.2 Å². The Labute approximate surface area is 169 Å². The molecular formula is C23H24N2O2S. The van der Waals surface area contributed by atoms with E-state index in [0.717, 1.165) is 29.8 Å². The van der Waals surface area contributed by atoms with Crippen LogP contribution in [-0.4, -0.2) is 22.9 Å². The molecule has 0 unspecified atom stereocenters. The molecule has 5 heteroatoms. The minimum absolute atomic E-state index is 0.00870. The van der Waals surface area contributed by atoms with Crippen molar-refractivity contribution in [3.05, 3.63) is 87.9 Å². The average Bonchev–Trinajstić information content (AvgIpc) is 3.26. The molecule has 2 atom stereocenters. The van der Waals surface area contributed by atoms with Crippen molar-refractivity contribution in [1.82, 2.24) is 9.88 Å². The van der Waals surface area contributed by atoms with Crippen LogP contribution in [0, 0.1) is 0 Å². The zero-order valence-corrected chi connectivity index (χ0v) is 16.8. The number of thiazole rings is 1. The first-order valence-electron chi connectivity index (χ1n) is 9.62. The van der Waals surface area contributed by atoms with Crippen molar-refractivity contribution in [2.75, 3.05) is 7.11 Å². The third-order valence-electron chi connectivity index (χ3n) is 5.35. The number of carbonyl (C=O) groups excluding carboxylic acids is 1. The summed E-state index contributed by atoms with van der Waals surface area (Å²) in [7, 11) is 1.60. The Hall–Kier alpha value is -2.50. The van der Waals surface area contributed by atoms with Crippen molar-refractivity contribution in [2.45, 2.75) is 38.0 Å². The Bertz CT molecular complexity index is 911. The predicted octanol–water partition coefficient (Wildman–Crippen LogP) is 4.94. The van der Waals surface area contributed by atoms with Crippen molar-refractivity contribution in [3.63, 3.8) is 0 Å². The monoisotopic (exact) mass is 392 g/mol. The summed E-state index contributed by atoms with van der Waals surface area (Å²) in [5, 5.41) is 2.90. The molecule has 2 aromatic carbocycles. The van der Waals surface area contributed by atoms with E-state index < -0.39 is 6.10 Å². The standard InChI is InChI=1S/C23H24N2O2S/c1-27-22(18-9-3-2-4-10-18)23(26)25(16-21-24-14-15-28-21)20-13-7-11-17-8-5-6-12-19(17)20/h2-6,8-10,12,14-15,20,22H,7,11,13,16H2,1H3/t20-,22+/m0/s1. The van der Waals surface area contributed by atoms with Gasteiger partial charge in [0, 0.05) is 18.7 Å². The number of ether oxygens (including phenoxy) is 1. The van der Waals surface area contributed by atoms with Crippen LogP contribution in [0.3, 0.4) is 0 Å². The molecule has 4 rings (SSSR count). The van der Waals surface area contributed by atoms with Gasteiger partial charge in [0.2, 0.25) is 0 Å². The van der Waals surface area contributed by atoms with Crippen molar-refractivity contribution in [3.8, 4) is 0 Å². The molecule has 1 heterocycles. The van der Waals surface area contributed by atoms with Gasteiger partial charge in [-0.15, -0.1) is 11.3 Å². The molecule has 1 aliphatic rings. The molecule has 28 heavy (non-hydrogen) atoms. The molecule has 3 aromatic rings. The van der Waals surface area contributed by atoms with E-state index >= 15 is 0 Å². The molecule has 1 aromatic heterocycles. The van der Waals surface area contributed by atoms with Crippen LogP contribution in [0.2, 0.25) is 0 Å². The average molecular weight is 393 g/mol. The number of fused-ring (bicyclic) bond motifs is 1. The van der Waals surface area contributed by atoms with Gasteiger partial charge >= 0.3 is 0 Å². The number of benzene rings is 2. The Morgan fingerprint density at radius 2 is 2.00 bits per heavy atom. The van der Waals surface area contributed by atoms with E-state index in [4.69, 9.17) is 4.74 Å². The molecule has 0 saturated carbocycles. The van der Waals surface area contributed by atoms with Gasteiger partial charge in [-0.3, -0.25) is 4.79 Å². The molecule has 4 nitrogen and oxygen atoms in total. The fraction of sp³-hybridized carbons (Fsp3) is 0.304. The summed E-state index contributed by atoms with van der Waals surface area (Å²) < 4.78 is 5.67. The highest BCUT2D eigenvalue weighted by molar-refractivity contribution is 7.09. The van der Waals surface area contributed by atoms with E-state index in [0.29, 0.717) is 6.54 Å². The molecule has 0 spiro atoms. The maximum Gasteiger partial charge on any atom is 0.257 e. The Morgan fingerprint density at radius 3 is 2.75 bits per heavy atom. The number of methoxy groups -OCH3 is 1. The van der Waals surface area contributed by atoms with Crippen LogP contribution in [0.25, 0.3) is 0 Å². The van der Waals surface area contributed by atoms with Crippen LogP contribution in [0.15, 0.2) is 66.2 Å². The zero-order valence-electron chi connectivity index (χ0n) is 16.0. The van der Waals surface area contributed by atoms with Crippen LogP contribution in [0.1, 0.15) is 46.7 Å². The highest BCUT2D eigenvalue weighted by Gasteiger charge is 2.34. The topological polar surface area (TPSA) is 42.4 Å². The van der Waals surface area contributed by atoms with E-state index in [-0.39, 0.29) is 11.9 Å². The SMILES string of the molecule is CO[C@@H](C(=O)N(Cc1nccs1)[C@H]1CCCc2ccccc21)c1ccccc1. The van der Waals surface area contributed by atoms with E-state index in [1.807, 2.05) is 40.6 Å². The van der Waals surface area contributed by atoms with Crippen LogP contribution < -0.4 is 0 Å². The zero-order chi connectivity index (χ0) is 19.3. The molecular weight excluding hydrogens is 368 g/mol. The van der Waals surface area contributed by atoms with Gasteiger partial charge in [0.25, 0.3) is 5.91 Å². The minimum Gasteiger partial charge on any atom is -0.367 e. The summed E-state index contributed by atoms with van der Waals surface area (Å²) in [5.74, 6) is -0.00870. The number of amides is 1. The van der Waals surface area contributed by atoms with Crippen LogP contribution >= 0.6 is 11.3 Å². The van der Waals surface area contributed by atoms with E-state index in [1.54, 1.807) is 24.6 Å². The van der Waals surface area contributed by atoms with Gasteiger partial charge in [0.1, 0.15) is 5.01 Å². The number of aromatic nitrogens is 1. The highest BCUT2D eigenvalue weighted by atomic mass is 32.1. The van der Waals surface area contributed by atoms with Crippen molar-refractivity contribution in [2.24, 2.45) is 0 Å². The summed E-state index contributed by atoms with van der Waals surface area (Å²) in [6, 6.07) is 18.2. The first-order valence-corrected chi connectivity index (χ1v) is 10.5. The lowest BCUT2D eigenvalue weighted by Crippen LogP contribution is -2.39. The summed E-state index contributed by atoms with van der Waals surface area (Å²) in [6.07, 6.45) is 4.28. The molecule has 1 amide bonds. The molecule has 0 saturated heterocycles. The maximum atomic E-state index is 13.7. The Morgan fingerprint density at radius 1 is 1.21 bits per heavy atom. The predicted molar refractivity (Wildman–Crippen MR) is 111 cm³/mol. The fourth-order valence-electron chi connectivity index (χ4n) is 4.03. The largest absolute Gasteiger partial charge is 0.367 e. The Balaban J connectivity index is 1.71. The second-order valence-electron chi connectivity index (χ2n) is 7.03. The highest BCUT2D eigenvalue weighted by Crippen LogP contribution is 2.37. The Kier molecular flexibility index (Phi) is 5.84. The number of nitrogens with zero attached hydrogens (tertiary/aromatic N) is 2. The number of carbonyl (C=O) groups is 1. The van der Waals surface area contributed by atoms with Gasteiger partial charge in [-0.05, 0) is 36.0 Å². The van der Waals surface area contributed by atoms with Crippen molar-refractivity contribution < 1.29 is 9.53 Å². The smallest absolute Gasteiger partial charge is 0.257 e. The van der Waals surface area contributed by atoms with Gasteiger partial charge in [0.15, 0.2) is 6.10 Å². The van der Waals surface area contributed by atoms with Gasteiger partial charge in [-0.1, -0.05) is 54.6 Å². The molecule has 144 valence electrons. The van der Waals surface area contributed by atoms with E-state index in [9.17, 15) is 4.79 Å². The number of aryl methyl sites for hydroxylation is 1. The lowest BCUT2D eigenvalue weighted by atomic mass is 9.86. The fourth-order valence-corrected chi connectivity index (χ4v) is 4.64. The van der Waals surface area contributed by atoms with Crippen LogP contribution in [0.5, 0.6) is 0 Å². The minimum atomic E-state index is -0.616. The second kappa shape index (κ2) is 8.67. The van der Waals surface area contributed by atoms with Crippen LogP contribution in [-0.2, 0) is 22.5 Å². The third-order valence-corrected chi connectivity index (χ3v) is 6.11. The van der Waals surface area contributed by atoms with Gasteiger partial charge in [-0.2, -0.15) is 0 Å². The normalized spacial score (nSPS) is 17.0. The lowest BCUT2D eigenvalue weighted by molar-refractivity contribution is -0.146. The molecule has 0 aliphatic heterocycles. The van der Waals surface area contributed by atoms with Crippen molar-refractivity contribution >= 4 is 17.2 Å². The number of hydrogen-bond donors (Lipinski definition) is 0. The number of rotatable bonds is 6. The quantitative estimate of drug-likeness (QED) is 0.597. The molecule has 0 N–H and O–H groups in total. The molecule has 1 aliphatic carbocycles. The summed E-state index contributed by atoms with van der Waals surface area (Å²) in [5.41, 5.74) is 3.47. The first kappa shape index (κ1) is 18.8. The maximum absolute atomic E-state index is 13.7. The molecule has 0 radical (unpaired) electrons.